The summed E-state index contributed by atoms with van der Waals surface area (Å²) in [4.78, 5) is 4.43. The fraction of sp³-hybridized carbons (Fsp3) is 0.769. The summed E-state index contributed by atoms with van der Waals surface area (Å²) in [7, 11) is 0. The van der Waals surface area contributed by atoms with Crippen molar-refractivity contribution in [3.63, 3.8) is 0 Å². The first-order valence-electron chi connectivity index (χ1n) is 6.51. The second-order valence-electron chi connectivity index (χ2n) is 5.02. The Bertz CT molecular complexity index is 389. The van der Waals surface area contributed by atoms with Crippen molar-refractivity contribution in [2.45, 2.75) is 58.2 Å². The van der Waals surface area contributed by atoms with Crippen LogP contribution in [0, 0.1) is 6.92 Å². The van der Waals surface area contributed by atoms with Gasteiger partial charge in [-0.05, 0) is 39.7 Å². The molecular weight excluding hydrogens is 273 g/mol. The molecule has 1 rings (SSSR count). The van der Waals surface area contributed by atoms with E-state index >= 15 is 0 Å². The molecular formula is C13H21F3N2S. The Morgan fingerprint density at radius 2 is 2.00 bits per heavy atom. The molecule has 0 aliphatic carbocycles. The summed E-state index contributed by atoms with van der Waals surface area (Å²) >= 11 is 1.51. The van der Waals surface area contributed by atoms with E-state index in [1.807, 2.05) is 26.2 Å². The number of nitrogens with zero attached hydrogens (tertiary/aromatic N) is 1. The van der Waals surface area contributed by atoms with E-state index < -0.39 is 18.1 Å². The third kappa shape index (κ3) is 5.48. The first-order chi connectivity index (χ1) is 8.77. The summed E-state index contributed by atoms with van der Waals surface area (Å²) in [5.41, 5.74) is 0.459. The predicted octanol–water partition coefficient (Wildman–Crippen LogP) is 4.40. The maximum Gasteiger partial charge on any atom is 0.389 e. The number of halogens is 3. The third-order valence-electron chi connectivity index (χ3n) is 2.99. The Balaban J connectivity index is 2.70. The van der Waals surface area contributed by atoms with E-state index in [0.717, 1.165) is 23.7 Å². The van der Waals surface area contributed by atoms with Crippen LogP contribution in [0.25, 0.3) is 0 Å². The minimum atomic E-state index is -4.08. The lowest BCUT2D eigenvalue weighted by Crippen LogP contribution is -2.40. The highest BCUT2D eigenvalue weighted by Crippen LogP contribution is 2.32. The van der Waals surface area contributed by atoms with Crippen molar-refractivity contribution >= 4 is 11.3 Å². The van der Waals surface area contributed by atoms with Crippen LogP contribution < -0.4 is 5.32 Å². The third-order valence-corrected chi connectivity index (χ3v) is 4.22. The molecule has 1 aromatic heterocycles. The van der Waals surface area contributed by atoms with Gasteiger partial charge in [0.2, 0.25) is 0 Å². The van der Waals surface area contributed by atoms with E-state index in [0.29, 0.717) is 6.42 Å². The van der Waals surface area contributed by atoms with Gasteiger partial charge in [-0.3, -0.25) is 0 Å². The fourth-order valence-electron chi connectivity index (χ4n) is 1.92. The quantitative estimate of drug-likeness (QED) is 0.806. The Morgan fingerprint density at radius 3 is 2.47 bits per heavy atom. The molecule has 0 aromatic carbocycles. The fourth-order valence-corrected chi connectivity index (χ4v) is 2.89. The number of nitrogens with one attached hydrogen (secondary N) is 1. The topological polar surface area (TPSA) is 24.9 Å². The number of hydrogen-bond donors (Lipinski definition) is 1. The maximum absolute atomic E-state index is 12.3. The van der Waals surface area contributed by atoms with E-state index in [2.05, 4.69) is 10.3 Å². The number of aromatic nitrogens is 1. The summed E-state index contributed by atoms with van der Waals surface area (Å²) in [6, 6.07) is 0. The molecule has 0 amide bonds. The minimum Gasteiger partial charge on any atom is -0.306 e. The van der Waals surface area contributed by atoms with Gasteiger partial charge in [-0.15, -0.1) is 11.3 Å². The van der Waals surface area contributed by atoms with Crippen LogP contribution >= 0.6 is 11.3 Å². The lowest BCUT2D eigenvalue weighted by molar-refractivity contribution is -0.136. The summed E-state index contributed by atoms with van der Waals surface area (Å²) in [6.07, 6.45) is -3.31. The van der Waals surface area contributed by atoms with E-state index in [1.54, 1.807) is 0 Å². The van der Waals surface area contributed by atoms with Gasteiger partial charge >= 0.3 is 6.18 Å². The number of rotatable bonds is 7. The zero-order valence-corrected chi connectivity index (χ0v) is 12.4. The highest BCUT2D eigenvalue weighted by atomic mass is 32.1. The van der Waals surface area contributed by atoms with E-state index in [1.165, 1.54) is 11.3 Å². The molecule has 1 heterocycles. The van der Waals surface area contributed by atoms with Crippen molar-refractivity contribution < 1.29 is 13.2 Å². The summed E-state index contributed by atoms with van der Waals surface area (Å²) < 4.78 is 36.8. The Kier molecular flexibility index (Phi) is 5.80. The molecule has 0 radical (unpaired) electrons. The number of thiazole rings is 1. The van der Waals surface area contributed by atoms with Crippen LogP contribution in [-0.2, 0) is 5.54 Å². The first-order valence-corrected chi connectivity index (χ1v) is 7.39. The number of aryl methyl sites for hydroxylation is 1. The van der Waals surface area contributed by atoms with Crippen molar-refractivity contribution in [3.8, 4) is 0 Å². The van der Waals surface area contributed by atoms with Crippen molar-refractivity contribution in [2.75, 3.05) is 6.54 Å². The highest BCUT2D eigenvalue weighted by Gasteiger charge is 2.32. The summed E-state index contributed by atoms with van der Waals surface area (Å²) in [5.74, 6) is 0. The van der Waals surface area contributed by atoms with Crippen molar-refractivity contribution in [2.24, 2.45) is 0 Å². The van der Waals surface area contributed by atoms with Gasteiger partial charge < -0.3 is 5.32 Å². The van der Waals surface area contributed by atoms with Crippen LogP contribution in [0.5, 0.6) is 0 Å². The molecule has 110 valence electrons. The molecule has 1 N–H and O–H groups in total. The van der Waals surface area contributed by atoms with Crippen molar-refractivity contribution in [1.29, 1.82) is 0 Å². The van der Waals surface area contributed by atoms with Crippen LogP contribution in [0.15, 0.2) is 5.38 Å². The molecule has 1 unspecified atom stereocenters. The molecule has 0 aliphatic rings. The molecule has 6 heteroatoms. The van der Waals surface area contributed by atoms with Crippen LogP contribution in [-0.4, -0.2) is 17.7 Å². The van der Waals surface area contributed by atoms with Gasteiger partial charge in [0, 0.05) is 17.5 Å². The normalized spacial score (nSPS) is 15.5. The van der Waals surface area contributed by atoms with E-state index in [9.17, 15) is 13.2 Å². The number of alkyl halides is 3. The SMILES string of the molecule is CCCNC(C)(CCCC(F)(F)F)c1nc(C)cs1. The van der Waals surface area contributed by atoms with Gasteiger partial charge in [-0.1, -0.05) is 6.92 Å². The molecule has 0 fully saturated rings. The van der Waals surface area contributed by atoms with E-state index in [-0.39, 0.29) is 6.42 Å². The molecule has 0 saturated carbocycles. The van der Waals surface area contributed by atoms with Gasteiger partial charge in [-0.25, -0.2) is 4.98 Å². The lowest BCUT2D eigenvalue weighted by atomic mass is 9.95. The molecule has 1 atom stereocenters. The Labute approximate surface area is 116 Å². The first kappa shape index (κ1) is 16.4. The van der Waals surface area contributed by atoms with Crippen molar-refractivity contribution in [1.82, 2.24) is 10.3 Å². The number of hydrogen-bond acceptors (Lipinski definition) is 3. The monoisotopic (exact) mass is 294 g/mol. The molecule has 0 bridgehead atoms. The minimum absolute atomic E-state index is 0.120. The van der Waals surface area contributed by atoms with E-state index in [4.69, 9.17) is 0 Å². The highest BCUT2D eigenvalue weighted by molar-refractivity contribution is 7.09. The summed E-state index contributed by atoms with van der Waals surface area (Å²) in [5, 5.41) is 6.15. The second-order valence-corrected chi connectivity index (χ2v) is 5.88. The molecule has 2 nitrogen and oxygen atoms in total. The van der Waals surface area contributed by atoms with Crippen LogP contribution in [0.3, 0.4) is 0 Å². The average Bonchev–Trinajstić information content (AvgIpc) is 2.72. The van der Waals surface area contributed by atoms with Crippen LogP contribution in [0.1, 0.15) is 50.2 Å². The largest absolute Gasteiger partial charge is 0.389 e. The van der Waals surface area contributed by atoms with Crippen molar-refractivity contribution in [3.05, 3.63) is 16.1 Å². The van der Waals surface area contributed by atoms with Crippen LogP contribution in [0.4, 0.5) is 13.2 Å². The smallest absolute Gasteiger partial charge is 0.306 e. The lowest BCUT2D eigenvalue weighted by Gasteiger charge is -2.29. The zero-order chi connectivity index (χ0) is 14.5. The zero-order valence-electron chi connectivity index (χ0n) is 11.6. The molecule has 0 saturated heterocycles. The Hall–Kier alpha value is -0.620. The molecule has 0 spiro atoms. The molecule has 1 aromatic rings. The maximum atomic E-state index is 12.3. The van der Waals surface area contributed by atoms with Gasteiger partial charge in [-0.2, -0.15) is 13.2 Å². The van der Waals surface area contributed by atoms with Gasteiger partial charge in [0.15, 0.2) is 0 Å². The van der Waals surface area contributed by atoms with Gasteiger partial charge in [0.1, 0.15) is 5.01 Å². The molecule has 0 aliphatic heterocycles. The average molecular weight is 294 g/mol. The Morgan fingerprint density at radius 1 is 1.32 bits per heavy atom. The van der Waals surface area contributed by atoms with Gasteiger partial charge in [0.05, 0.1) is 5.54 Å². The second kappa shape index (κ2) is 6.70. The molecule has 19 heavy (non-hydrogen) atoms. The summed E-state index contributed by atoms with van der Waals surface area (Å²) in [6.45, 7) is 6.66. The van der Waals surface area contributed by atoms with Gasteiger partial charge in [0.25, 0.3) is 0 Å². The predicted molar refractivity (Wildman–Crippen MR) is 72.4 cm³/mol. The standard InChI is InChI=1S/C13H21F3N2S/c1-4-8-17-12(3,6-5-7-13(14,15)16)11-18-10(2)9-19-11/h9,17H,4-8H2,1-3H3. The van der Waals surface area contributed by atoms with Crippen LogP contribution in [0.2, 0.25) is 0 Å².